The number of hydrogen-bond donors (Lipinski definition) is 1. The maximum Gasteiger partial charge on any atom is 0.222 e. The molecule has 2 saturated heterocycles. The maximum atomic E-state index is 6.23. The van der Waals surface area contributed by atoms with Crippen LogP contribution in [0.3, 0.4) is 0 Å². The number of hydrogen-bond acceptors (Lipinski definition) is 6. The molecule has 6 heteroatoms. The summed E-state index contributed by atoms with van der Waals surface area (Å²) in [5.74, 6) is 1.26. The molecule has 2 fully saturated rings. The van der Waals surface area contributed by atoms with Gasteiger partial charge in [-0.15, -0.1) is 11.3 Å². The van der Waals surface area contributed by atoms with Crippen molar-refractivity contribution in [2.45, 2.75) is 25.0 Å². The number of nitrogens with one attached hydrogen (secondary N) is 1. The van der Waals surface area contributed by atoms with Gasteiger partial charge in [0, 0.05) is 43.4 Å². The monoisotopic (exact) mass is 330 g/mol. The lowest BCUT2D eigenvalue weighted by molar-refractivity contribution is -0.180. The Hall–Kier alpha value is -1.50. The molecule has 0 amide bonds. The van der Waals surface area contributed by atoms with Crippen molar-refractivity contribution in [3.63, 3.8) is 0 Å². The molecule has 4 heterocycles. The Bertz CT molecular complexity index is 603. The lowest BCUT2D eigenvalue weighted by Gasteiger charge is -2.52. The zero-order valence-corrected chi connectivity index (χ0v) is 14.0. The topological polar surface area (TPSA) is 50.3 Å². The molecule has 23 heavy (non-hydrogen) atoms. The van der Waals surface area contributed by atoms with E-state index in [1.54, 1.807) is 12.4 Å². The van der Waals surface area contributed by atoms with Gasteiger partial charge in [0.05, 0.1) is 12.2 Å². The Morgan fingerprint density at radius 1 is 1.30 bits per heavy atom. The third-order valence-corrected chi connectivity index (χ3v) is 5.59. The first-order valence-corrected chi connectivity index (χ1v) is 9.09. The highest BCUT2D eigenvalue weighted by atomic mass is 32.1. The smallest absolute Gasteiger partial charge is 0.222 e. The van der Waals surface area contributed by atoms with Crippen molar-refractivity contribution in [1.82, 2.24) is 14.9 Å². The van der Waals surface area contributed by atoms with Gasteiger partial charge in [0.25, 0.3) is 0 Å². The van der Waals surface area contributed by atoms with E-state index < -0.39 is 0 Å². The number of aromatic nitrogens is 2. The van der Waals surface area contributed by atoms with Gasteiger partial charge in [-0.3, -0.25) is 4.90 Å². The van der Waals surface area contributed by atoms with Gasteiger partial charge >= 0.3 is 0 Å². The third kappa shape index (κ3) is 3.54. The van der Waals surface area contributed by atoms with Crippen LogP contribution in [0.25, 0.3) is 0 Å². The second-order valence-corrected chi connectivity index (χ2v) is 7.61. The van der Waals surface area contributed by atoms with Crippen molar-refractivity contribution >= 4 is 17.3 Å². The van der Waals surface area contributed by atoms with Crippen LogP contribution in [0, 0.1) is 5.92 Å². The number of likely N-dealkylation sites (tertiary alicyclic amines) is 1. The number of thiophene rings is 1. The van der Waals surface area contributed by atoms with E-state index in [1.165, 1.54) is 11.3 Å². The van der Waals surface area contributed by atoms with Crippen molar-refractivity contribution in [2.75, 3.05) is 31.6 Å². The Morgan fingerprint density at radius 3 is 2.87 bits per heavy atom. The molecule has 1 atom stereocenters. The van der Waals surface area contributed by atoms with Crippen molar-refractivity contribution in [1.29, 1.82) is 0 Å². The molecule has 0 saturated carbocycles. The molecule has 4 rings (SSSR count). The van der Waals surface area contributed by atoms with Gasteiger partial charge in [-0.1, -0.05) is 6.07 Å². The predicted octanol–water partition coefficient (Wildman–Crippen LogP) is 2.63. The fourth-order valence-corrected chi connectivity index (χ4v) is 4.20. The maximum absolute atomic E-state index is 6.23. The summed E-state index contributed by atoms with van der Waals surface area (Å²) in [4.78, 5) is 12.3. The Labute approximate surface area is 140 Å². The fourth-order valence-electron chi connectivity index (χ4n) is 3.46. The summed E-state index contributed by atoms with van der Waals surface area (Å²) in [7, 11) is 0. The second kappa shape index (κ2) is 6.55. The average Bonchev–Trinajstić information content (AvgIpc) is 3.07. The van der Waals surface area contributed by atoms with Crippen molar-refractivity contribution in [3.05, 3.63) is 40.8 Å². The normalized spacial score (nSPS) is 23.6. The molecule has 5 nitrogen and oxygen atoms in total. The minimum atomic E-state index is 0.122. The lowest BCUT2D eigenvalue weighted by atomic mass is 9.83. The van der Waals surface area contributed by atoms with E-state index in [4.69, 9.17) is 4.74 Å². The molecule has 1 spiro atoms. The van der Waals surface area contributed by atoms with Crippen LogP contribution >= 0.6 is 11.3 Å². The van der Waals surface area contributed by atoms with Crippen LogP contribution in [-0.2, 0) is 11.3 Å². The summed E-state index contributed by atoms with van der Waals surface area (Å²) in [6, 6.07) is 6.17. The zero-order chi connectivity index (χ0) is 15.5. The molecular weight excluding hydrogens is 308 g/mol. The summed E-state index contributed by atoms with van der Waals surface area (Å²) in [5.41, 5.74) is 0.122. The van der Waals surface area contributed by atoms with Crippen LogP contribution in [0.2, 0.25) is 0 Å². The van der Waals surface area contributed by atoms with Gasteiger partial charge in [0.15, 0.2) is 0 Å². The predicted molar refractivity (Wildman–Crippen MR) is 91.5 cm³/mol. The number of ether oxygens (including phenoxy) is 1. The number of anilines is 1. The standard InChI is InChI=1S/C17H22N4OS/c1-3-15(23-8-1)10-21-12-17(13-21)5-4-14(11-22-17)9-20-16-18-6-2-7-19-16/h1-3,6-8,14H,4-5,9-13H2,(H,18,19,20). The summed E-state index contributed by atoms with van der Waals surface area (Å²) < 4.78 is 6.23. The van der Waals surface area contributed by atoms with Gasteiger partial charge in [-0.25, -0.2) is 9.97 Å². The van der Waals surface area contributed by atoms with Crippen LogP contribution in [-0.4, -0.2) is 46.7 Å². The minimum absolute atomic E-state index is 0.122. The molecular formula is C17H22N4OS. The lowest BCUT2D eigenvalue weighted by Crippen LogP contribution is -2.64. The van der Waals surface area contributed by atoms with Gasteiger partial charge in [0.2, 0.25) is 5.95 Å². The molecule has 0 radical (unpaired) electrons. The van der Waals surface area contributed by atoms with E-state index in [0.29, 0.717) is 11.9 Å². The van der Waals surface area contributed by atoms with E-state index >= 15 is 0 Å². The molecule has 2 aliphatic rings. The van der Waals surface area contributed by atoms with Crippen LogP contribution in [0.15, 0.2) is 36.0 Å². The molecule has 0 aromatic carbocycles. The molecule has 1 N–H and O–H groups in total. The minimum Gasteiger partial charge on any atom is -0.372 e. The van der Waals surface area contributed by atoms with Crippen LogP contribution in [0.5, 0.6) is 0 Å². The van der Waals surface area contributed by atoms with E-state index in [2.05, 4.69) is 37.7 Å². The van der Waals surface area contributed by atoms with Gasteiger partial charge in [-0.2, -0.15) is 0 Å². The first-order chi connectivity index (χ1) is 11.3. The summed E-state index contributed by atoms with van der Waals surface area (Å²) in [5, 5.41) is 5.45. The van der Waals surface area contributed by atoms with Crippen LogP contribution in [0.1, 0.15) is 17.7 Å². The SMILES string of the molecule is c1cnc(NCC2CCC3(CN(Cc4cccs4)C3)OC2)nc1. The van der Waals surface area contributed by atoms with E-state index in [1.807, 2.05) is 17.4 Å². The molecule has 0 bridgehead atoms. The molecule has 2 aromatic heterocycles. The quantitative estimate of drug-likeness (QED) is 0.913. The Kier molecular flexibility index (Phi) is 4.29. The largest absolute Gasteiger partial charge is 0.372 e. The van der Waals surface area contributed by atoms with Gasteiger partial charge in [-0.05, 0) is 36.3 Å². The molecule has 122 valence electrons. The first kappa shape index (κ1) is 15.1. The van der Waals surface area contributed by atoms with Crippen molar-refractivity contribution in [2.24, 2.45) is 5.92 Å². The van der Waals surface area contributed by atoms with Crippen LogP contribution < -0.4 is 5.32 Å². The summed E-state index contributed by atoms with van der Waals surface area (Å²) in [6.07, 6.45) is 5.90. The number of nitrogens with zero attached hydrogens (tertiary/aromatic N) is 3. The summed E-state index contributed by atoms with van der Waals surface area (Å²) in [6.45, 7) is 4.95. The molecule has 1 unspecified atom stereocenters. The summed E-state index contributed by atoms with van der Waals surface area (Å²) >= 11 is 1.84. The van der Waals surface area contributed by atoms with E-state index in [0.717, 1.165) is 39.2 Å². The second-order valence-electron chi connectivity index (χ2n) is 6.58. The molecule has 2 aliphatic heterocycles. The van der Waals surface area contributed by atoms with Crippen molar-refractivity contribution < 1.29 is 4.74 Å². The highest BCUT2D eigenvalue weighted by Gasteiger charge is 2.46. The zero-order valence-electron chi connectivity index (χ0n) is 13.1. The van der Waals surface area contributed by atoms with E-state index in [9.17, 15) is 0 Å². The third-order valence-electron chi connectivity index (χ3n) is 4.73. The fraction of sp³-hybridized carbons (Fsp3) is 0.529. The molecule has 0 aliphatic carbocycles. The Morgan fingerprint density at radius 2 is 2.17 bits per heavy atom. The van der Waals surface area contributed by atoms with Crippen molar-refractivity contribution in [3.8, 4) is 0 Å². The van der Waals surface area contributed by atoms with E-state index in [-0.39, 0.29) is 5.60 Å². The average molecular weight is 330 g/mol. The molecule has 2 aromatic rings. The highest BCUT2D eigenvalue weighted by Crippen LogP contribution is 2.37. The van der Waals surface area contributed by atoms with Crippen LogP contribution in [0.4, 0.5) is 5.95 Å². The number of rotatable bonds is 5. The van der Waals surface area contributed by atoms with Gasteiger partial charge in [0.1, 0.15) is 0 Å². The van der Waals surface area contributed by atoms with Gasteiger partial charge < -0.3 is 10.1 Å². The Balaban J connectivity index is 1.20. The first-order valence-electron chi connectivity index (χ1n) is 8.21. The highest BCUT2D eigenvalue weighted by molar-refractivity contribution is 7.09.